The second-order valence-corrected chi connectivity index (χ2v) is 5.00. The maximum absolute atomic E-state index is 10.1. The fourth-order valence-corrected chi connectivity index (χ4v) is 2.18. The summed E-state index contributed by atoms with van der Waals surface area (Å²) in [6.45, 7) is 0.453. The van der Waals surface area contributed by atoms with Gasteiger partial charge in [-0.3, -0.25) is 0 Å². The van der Waals surface area contributed by atoms with Crippen LogP contribution in [-0.4, -0.2) is 18.8 Å². The number of hydrogen-bond acceptors (Lipinski definition) is 3. The van der Waals surface area contributed by atoms with Crippen LogP contribution in [0.1, 0.15) is 11.7 Å². The van der Waals surface area contributed by atoms with E-state index in [9.17, 15) is 5.11 Å². The van der Waals surface area contributed by atoms with E-state index in [1.165, 1.54) is 0 Å². The van der Waals surface area contributed by atoms with Crippen LogP contribution in [0.2, 0.25) is 0 Å². The van der Waals surface area contributed by atoms with Gasteiger partial charge in [0.25, 0.3) is 0 Å². The highest BCUT2D eigenvalue weighted by atomic mass is 79.9. The second kappa shape index (κ2) is 6.59. The predicted octanol–water partition coefficient (Wildman–Crippen LogP) is 3.60. The largest absolute Gasteiger partial charge is 0.497 e. The molecule has 0 heterocycles. The molecule has 0 aromatic heterocycles. The summed E-state index contributed by atoms with van der Waals surface area (Å²) in [5, 5.41) is 13.3. The Morgan fingerprint density at radius 3 is 2.47 bits per heavy atom. The maximum atomic E-state index is 10.1. The van der Waals surface area contributed by atoms with Crippen LogP contribution in [0.5, 0.6) is 5.75 Å². The number of ether oxygens (including phenoxy) is 1. The molecular weight excluding hydrogens is 306 g/mol. The third kappa shape index (κ3) is 3.72. The van der Waals surface area contributed by atoms with Gasteiger partial charge in [-0.15, -0.1) is 0 Å². The smallest absolute Gasteiger partial charge is 0.118 e. The molecule has 1 unspecified atom stereocenters. The van der Waals surface area contributed by atoms with Gasteiger partial charge >= 0.3 is 0 Å². The zero-order valence-corrected chi connectivity index (χ0v) is 12.2. The van der Waals surface area contributed by atoms with Crippen molar-refractivity contribution in [3.63, 3.8) is 0 Å². The van der Waals surface area contributed by atoms with Gasteiger partial charge in [0.2, 0.25) is 0 Å². The van der Waals surface area contributed by atoms with E-state index in [0.29, 0.717) is 6.54 Å². The summed E-state index contributed by atoms with van der Waals surface area (Å²) < 4.78 is 6.07. The number of hydrogen-bond donors (Lipinski definition) is 2. The summed E-state index contributed by atoms with van der Waals surface area (Å²) in [7, 11) is 1.62. The van der Waals surface area contributed by atoms with Crippen molar-refractivity contribution in [3.05, 3.63) is 58.6 Å². The Balaban J connectivity index is 1.97. The second-order valence-electron chi connectivity index (χ2n) is 4.15. The summed E-state index contributed by atoms with van der Waals surface area (Å²) >= 11 is 3.46. The van der Waals surface area contributed by atoms with Gasteiger partial charge in [0, 0.05) is 16.7 Å². The number of aliphatic hydroxyl groups is 1. The molecule has 0 bridgehead atoms. The Morgan fingerprint density at radius 2 is 1.84 bits per heavy atom. The van der Waals surface area contributed by atoms with Gasteiger partial charge in [0.15, 0.2) is 0 Å². The maximum Gasteiger partial charge on any atom is 0.118 e. The number of anilines is 1. The quantitative estimate of drug-likeness (QED) is 0.884. The lowest BCUT2D eigenvalue weighted by atomic mass is 10.1. The summed E-state index contributed by atoms with van der Waals surface area (Å²) in [5.41, 5.74) is 1.83. The Hall–Kier alpha value is -1.52. The first-order valence-corrected chi connectivity index (χ1v) is 6.80. The minimum atomic E-state index is -0.557. The van der Waals surface area contributed by atoms with Crippen LogP contribution in [-0.2, 0) is 0 Å². The van der Waals surface area contributed by atoms with Crippen LogP contribution >= 0.6 is 15.9 Å². The summed E-state index contributed by atoms with van der Waals surface area (Å²) in [5.74, 6) is 0.787. The minimum Gasteiger partial charge on any atom is -0.497 e. The number of rotatable bonds is 5. The molecule has 100 valence electrons. The van der Waals surface area contributed by atoms with Crippen LogP contribution in [0.4, 0.5) is 5.69 Å². The lowest BCUT2D eigenvalue weighted by Gasteiger charge is -2.14. The number of benzene rings is 2. The highest BCUT2D eigenvalue weighted by molar-refractivity contribution is 9.10. The molecule has 0 aliphatic heterocycles. The fraction of sp³-hybridized carbons (Fsp3) is 0.200. The van der Waals surface area contributed by atoms with E-state index in [4.69, 9.17) is 4.74 Å². The number of halogens is 1. The fourth-order valence-electron chi connectivity index (χ4n) is 1.76. The van der Waals surface area contributed by atoms with Crippen LogP contribution in [0, 0.1) is 0 Å². The SMILES string of the molecule is COc1ccc(C(O)CNc2ccccc2Br)cc1. The number of methoxy groups -OCH3 is 1. The van der Waals surface area contributed by atoms with Crippen molar-refractivity contribution in [3.8, 4) is 5.75 Å². The molecule has 0 saturated carbocycles. The van der Waals surface area contributed by atoms with Crippen molar-refractivity contribution in [1.29, 1.82) is 0 Å². The number of aliphatic hydroxyl groups excluding tert-OH is 1. The first-order chi connectivity index (χ1) is 9.20. The molecule has 2 N–H and O–H groups in total. The molecule has 3 nitrogen and oxygen atoms in total. The molecule has 4 heteroatoms. The Labute approximate surface area is 121 Å². The van der Waals surface area contributed by atoms with Crippen LogP contribution in [0.3, 0.4) is 0 Å². The standard InChI is InChI=1S/C15H16BrNO2/c1-19-12-8-6-11(7-9-12)15(18)10-17-14-5-3-2-4-13(14)16/h2-9,15,17-18H,10H2,1H3. The van der Waals surface area contributed by atoms with E-state index in [0.717, 1.165) is 21.5 Å². The highest BCUT2D eigenvalue weighted by Crippen LogP contribution is 2.23. The average molecular weight is 322 g/mol. The summed E-state index contributed by atoms with van der Waals surface area (Å²) in [4.78, 5) is 0. The Morgan fingerprint density at radius 1 is 1.16 bits per heavy atom. The van der Waals surface area contributed by atoms with Gasteiger partial charge in [-0.1, -0.05) is 24.3 Å². The molecule has 2 rings (SSSR count). The van der Waals surface area contributed by atoms with Crippen molar-refractivity contribution in [2.75, 3.05) is 19.0 Å². The van der Waals surface area contributed by atoms with Crippen LogP contribution in [0.25, 0.3) is 0 Å². The van der Waals surface area contributed by atoms with Gasteiger partial charge in [0.1, 0.15) is 5.75 Å². The van der Waals surface area contributed by atoms with Crippen molar-refractivity contribution < 1.29 is 9.84 Å². The number of para-hydroxylation sites is 1. The van der Waals surface area contributed by atoms with E-state index < -0.39 is 6.10 Å². The summed E-state index contributed by atoms with van der Waals surface area (Å²) in [6, 6.07) is 15.2. The van der Waals surface area contributed by atoms with Gasteiger partial charge in [0.05, 0.1) is 13.2 Å². The van der Waals surface area contributed by atoms with Crippen LogP contribution in [0.15, 0.2) is 53.0 Å². The lowest BCUT2D eigenvalue weighted by molar-refractivity contribution is 0.191. The van der Waals surface area contributed by atoms with Crippen molar-refractivity contribution in [2.45, 2.75) is 6.10 Å². The van der Waals surface area contributed by atoms with E-state index >= 15 is 0 Å². The molecule has 0 amide bonds. The average Bonchev–Trinajstić information content (AvgIpc) is 2.46. The van der Waals surface area contributed by atoms with Gasteiger partial charge in [-0.2, -0.15) is 0 Å². The highest BCUT2D eigenvalue weighted by Gasteiger charge is 2.08. The molecule has 0 saturated heterocycles. The van der Waals surface area contributed by atoms with Gasteiger partial charge in [-0.05, 0) is 45.8 Å². The number of nitrogens with one attached hydrogen (secondary N) is 1. The van der Waals surface area contributed by atoms with Crippen molar-refractivity contribution in [1.82, 2.24) is 0 Å². The van der Waals surface area contributed by atoms with Crippen molar-refractivity contribution in [2.24, 2.45) is 0 Å². The third-order valence-corrected chi connectivity index (χ3v) is 3.55. The molecule has 0 spiro atoms. The molecule has 0 aliphatic rings. The lowest BCUT2D eigenvalue weighted by Crippen LogP contribution is -2.12. The van der Waals surface area contributed by atoms with Gasteiger partial charge < -0.3 is 15.2 Å². The van der Waals surface area contributed by atoms with Crippen LogP contribution < -0.4 is 10.1 Å². The van der Waals surface area contributed by atoms with E-state index in [1.54, 1.807) is 7.11 Å². The normalized spacial score (nSPS) is 11.9. The molecule has 0 fully saturated rings. The third-order valence-electron chi connectivity index (χ3n) is 2.86. The van der Waals surface area contributed by atoms with Gasteiger partial charge in [-0.25, -0.2) is 0 Å². The molecule has 2 aromatic carbocycles. The monoisotopic (exact) mass is 321 g/mol. The Kier molecular flexibility index (Phi) is 4.82. The zero-order chi connectivity index (χ0) is 13.7. The first-order valence-electron chi connectivity index (χ1n) is 6.01. The Bertz CT molecular complexity index is 528. The molecular formula is C15H16BrNO2. The van der Waals surface area contributed by atoms with E-state index in [1.807, 2.05) is 48.5 Å². The predicted molar refractivity (Wildman–Crippen MR) is 80.6 cm³/mol. The molecule has 0 aliphatic carbocycles. The minimum absolute atomic E-state index is 0.453. The van der Waals surface area contributed by atoms with Crippen molar-refractivity contribution >= 4 is 21.6 Å². The van der Waals surface area contributed by atoms with E-state index in [2.05, 4.69) is 21.2 Å². The molecule has 19 heavy (non-hydrogen) atoms. The molecule has 0 radical (unpaired) electrons. The first kappa shape index (κ1) is 13.9. The van der Waals surface area contributed by atoms with E-state index in [-0.39, 0.29) is 0 Å². The zero-order valence-electron chi connectivity index (χ0n) is 10.6. The topological polar surface area (TPSA) is 41.5 Å². The molecule has 2 aromatic rings. The molecule has 1 atom stereocenters. The summed E-state index contributed by atoms with van der Waals surface area (Å²) in [6.07, 6.45) is -0.557.